The van der Waals surface area contributed by atoms with E-state index in [4.69, 9.17) is 9.47 Å². The van der Waals surface area contributed by atoms with Crippen molar-refractivity contribution in [3.05, 3.63) is 95.1 Å². The van der Waals surface area contributed by atoms with Crippen molar-refractivity contribution in [2.75, 3.05) is 31.0 Å². The fourth-order valence-electron chi connectivity index (χ4n) is 7.48. The van der Waals surface area contributed by atoms with Crippen LogP contribution in [0, 0.1) is 32.1 Å². The lowest BCUT2D eigenvalue weighted by molar-refractivity contribution is 0.317. The number of azo groups is 3. The van der Waals surface area contributed by atoms with Gasteiger partial charge in [-0.3, -0.25) is 18.1 Å². The molecule has 3 heterocycles. The first-order chi connectivity index (χ1) is 34.1. The summed E-state index contributed by atoms with van der Waals surface area (Å²) in [4.78, 5) is 9.26. The molecular weight excluding hydrogens is 1030 g/mol. The third-order valence-electron chi connectivity index (χ3n) is 10.9. The Labute approximate surface area is 419 Å². The zero-order valence-electron chi connectivity index (χ0n) is 38.2. The van der Waals surface area contributed by atoms with E-state index < -0.39 is 41.9 Å². The molecule has 0 spiro atoms. The summed E-state index contributed by atoms with van der Waals surface area (Å²) in [6, 6.07) is 21.6. The lowest BCUT2D eigenvalue weighted by atomic mass is 10.1. The summed E-state index contributed by atoms with van der Waals surface area (Å²) in [5.41, 5.74) is 4.22. The van der Waals surface area contributed by atoms with E-state index in [1.807, 2.05) is 0 Å². The lowest BCUT2D eigenvalue weighted by Crippen LogP contribution is -2.08. The summed E-state index contributed by atoms with van der Waals surface area (Å²) >= 11 is 2.24. The maximum absolute atomic E-state index is 12.4. The van der Waals surface area contributed by atoms with Gasteiger partial charge in [0.15, 0.2) is 11.3 Å². The first-order valence-corrected chi connectivity index (χ1v) is 27.7. The number of thiazole rings is 1. The Kier molecular flexibility index (Phi) is 14.7. The van der Waals surface area contributed by atoms with Gasteiger partial charge in [0.1, 0.15) is 39.2 Å². The van der Waals surface area contributed by atoms with Crippen molar-refractivity contribution in [3.63, 3.8) is 0 Å². The molecule has 4 N–H and O–H groups in total. The van der Waals surface area contributed by atoms with Crippen LogP contribution in [0.5, 0.6) is 17.4 Å². The first kappa shape index (κ1) is 51.3. The van der Waals surface area contributed by atoms with Gasteiger partial charge in [-0.2, -0.15) is 35.6 Å². The number of para-hydroxylation sites is 2. The second kappa shape index (κ2) is 20.6. The minimum atomic E-state index is -4.62. The van der Waals surface area contributed by atoms with Crippen LogP contribution in [0.1, 0.15) is 35.1 Å². The standard InChI is InChI=1S/C45H40N10O12S5/c1-24-18-32(51-53-40-26(3)28(23-46)43-47-29-11-5-6-12-34(29)55(43)44(40)56)35(67-14-8-16-70(57,58)59)21-30(24)49-52-33-19-25(2)31(22-37(33)68-15-9-17-71(60,61)62)50-54-45-48-41-36(66-4)20-27-10-7-13-38(72(63,64)65)39(27)42(41)69-45/h5-7,10-13,18-22,56H,8-9,14-17H2,1-4H3,(H,57,58,59)(H,60,61,62)(H,63,64,65). The number of fused-ring (bicyclic) bond motifs is 6. The van der Waals surface area contributed by atoms with Crippen molar-refractivity contribution in [1.29, 1.82) is 5.26 Å². The number of hydrogen-bond donors (Lipinski definition) is 4. The third kappa shape index (κ3) is 11.2. The molecule has 0 aliphatic heterocycles. The number of pyridine rings is 1. The van der Waals surface area contributed by atoms with Gasteiger partial charge in [0, 0.05) is 21.9 Å². The molecule has 0 bridgehead atoms. The zero-order chi connectivity index (χ0) is 51.7. The second-order valence-electron chi connectivity index (χ2n) is 15.9. The number of methoxy groups -OCH3 is 1. The van der Waals surface area contributed by atoms with E-state index >= 15 is 0 Å². The smallest absolute Gasteiger partial charge is 0.295 e. The predicted octanol–water partition coefficient (Wildman–Crippen LogP) is 11.3. The molecule has 5 aromatic carbocycles. The van der Waals surface area contributed by atoms with Gasteiger partial charge in [-0.25, -0.2) is 9.97 Å². The first-order valence-electron chi connectivity index (χ1n) is 21.2. The summed E-state index contributed by atoms with van der Waals surface area (Å²) in [7, 11) is -11.7. The van der Waals surface area contributed by atoms with Crippen molar-refractivity contribution < 1.29 is 53.5 Å². The number of ether oxygens (including phenoxy) is 2. The Bertz CT molecular complexity index is 3980. The molecule has 72 heavy (non-hydrogen) atoms. The van der Waals surface area contributed by atoms with Crippen LogP contribution >= 0.6 is 23.1 Å². The monoisotopic (exact) mass is 1070 g/mol. The van der Waals surface area contributed by atoms with Crippen LogP contribution in [0.3, 0.4) is 0 Å². The van der Waals surface area contributed by atoms with E-state index in [0.29, 0.717) is 65.3 Å². The third-order valence-corrected chi connectivity index (χ3v) is 15.5. The van der Waals surface area contributed by atoms with E-state index in [9.17, 15) is 49.3 Å². The van der Waals surface area contributed by atoms with Gasteiger partial charge in [-0.15, -0.1) is 37.3 Å². The maximum Gasteiger partial charge on any atom is 0.295 e. The Morgan fingerprint density at radius 1 is 0.764 bits per heavy atom. The minimum absolute atomic E-state index is 0.0240. The molecule has 27 heteroatoms. The Hall–Kier alpha value is -7.03. The summed E-state index contributed by atoms with van der Waals surface area (Å²) in [5, 5.41) is 49.1. The Morgan fingerprint density at radius 3 is 2.14 bits per heavy atom. The highest BCUT2D eigenvalue weighted by molar-refractivity contribution is 7.99. The second-order valence-corrected chi connectivity index (χ2v) is 22.6. The summed E-state index contributed by atoms with van der Waals surface area (Å²) < 4.78 is 113. The number of imidazole rings is 1. The topological polar surface area (TPSA) is 330 Å². The highest BCUT2D eigenvalue weighted by atomic mass is 32.2. The Balaban J connectivity index is 1.16. The van der Waals surface area contributed by atoms with Gasteiger partial charge in [0.2, 0.25) is 11.0 Å². The molecule has 372 valence electrons. The van der Waals surface area contributed by atoms with E-state index in [1.165, 1.54) is 41.5 Å². The minimum Gasteiger partial charge on any atom is -0.494 e. The molecule has 3 aromatic heterocycles. The molecular formula is C45H40N10O12S5. The van der Waals surface area contributed by atoms with Crippen LogP contribution in [0.15, 0.2) is 113 Å². The lowest BCUT2D eigenvalue weighted by Gasteiger charge is -2.12. The van der Waals surface area contributed by atoms with Gasteiger partial charge in [0.05, 0.1) is 58.0 Å². The van der Waals surface area contributed by atoms with Gasteiger partial charge in [-0.1, -0.05) is 35.6 Å². The molecule has 0 atom stereocenters. The number of aryl methyl sites for hydroxylation is 2. The van der Waals surface area contributed by atoms with Gasteiger partial charge < -0.3 is 14.6 Å². The van der Waals surface area contributed by atoms with Crippen molar-refractivity contribution in [3.8, 4) is 23.4 Å². The van der Waals surface area contributed by atoms with E-state index in [-0.39, 0.29) is 80.5 Å². The summed E-state index contributed by atoms with van der Waals surface area (Å²) in [6.07, 6.45) is -0.0245. The SMILES string of the molecule is COc1cc2cccc(S(=O)(=O)O)c2c2sc(N=Nc3cc(SCCCS(=O)(=O)O)c(N=Nc4cc(OCCCS(=O)(=O)O)c(N=Nc5c(C)c(C#N)c6nc7ccccc7n6c5O)cc4C)cc3C)nc12. The van der Waals surface area contributed by atoms with Gasteiger partial charge in [-0.05, 0) is 98.3 Å². The van der Waals surface area contributed by atoms with Crippen LogP contribution in [-0.2, 0) is 30.4 Å². The van der Waals surface area contributed by atoms with Crippen LogP contribution in [0.2, 0.25) is 0 Å². The number of nitriles is 1. The van der Waals surface area contributed by atoms with Crippen LogP contribution < -0.4 is 9.47 Å². The molecule has 8 aromatic rings. The van der Waals surface area contributed by atoms with Gasteiger partial charge in [0.25, 0.3) is 30.4 Å². The van der Waals surface area contributed by atoms with Gasteiger partial charge >= 0.3 is 0 Å². The molecule has 0 radical (unpaired) electrons. The number of benzene rings is 5. The molecule has 0 saturated carbocycles. The molecule has 0 amide bonds. The van der Waals surface area contributed by atoms with Crippen LogP contribution in [0.25, 0.3) is 37.7 Å². The van der Waals surface area contributed by atoms with E-state index in [0.717, 1.165) is 11.3 Å². The number of nitrogens with zero attached hydrogens (tertiary/aromatic N) is 10. The molecule has 0 saturated heterocycles. The average Bonchev–Trinajstić information content (AvgIpc) is 3.93. The Morgan fingerprint density at radius 2 is 1.43 bits per heavy atom. The number of aromatic hydroxyl groups is 1. The maximum atomic E-state index is 12.4. The molecule has 0 aliphatic rings. The highest BCUT2D eigenvalue weighted by Crippen LogP contribution is 2.45. The zero-order valence-corrected chi connectivity index (χ0v) is 42.3. The number of hydrogen-bond acceptors (Lipinski definition) is 20. The molecule has 22 nitrogen and oxygen atoms in total. The van der Waals surface area contributed by atoms with Crippen molar-refractivity contribution in [2.45, 2.75) is 43.4 Å². The van der Waals surface area contributed by atoms with Crippen molar-refractivity contribution >= 4 is 125 Å². The molecule has 0 unspecified atom stereocenters. The molecule has 0 fully saturated rings. The number of aromatic nitrogens is 3. The predicted molar refractivity (Wildman–Crippen MR) is 270 cm³/mol. The highest BCUT2D eigenvalue weighted by Gasteiger charge is 2.23. The fraction of sp³-hybridized carbons (Fsp3) is 0.222. The summed E-state index contributed by atoms with van der Waals surface area (Å²) in [6.45, 7) is 4.85. The molecule has 0 aliphatic carbocycles. The van der Waals surface area contributed by atoms with E-state index in [2.05, 4.69) is 46.7 Å². The quantitative estimate of drug-likeness (QED) is 0.0268. The van der Waals surface area contributed by atoms with Crippen LogP contribution in [0.4, 0.5) is 33.6 Å². The largest absolute Gasteiger partial charge is 0.494 e. The normalized spacial score (nSPS) is 12.7. The summed E-state index contributed by atoms with van der Waals surface area (Å²) in [5.74, 6) is -0.775. The van der Waals surface area contributed by atoms with Crippen molar-refractivity contribution in [2.24, 2.45) is 30.7 Å². The van der Waals surface area contributed by atoms with E-state index in [1.54, 1.807) is 75.4 Å². The average molecular weight is 1070 g/mol. The fourth-order valence-corrected chi connectivity index (χ4v) is 11.4. The number of rotatable bonds is 18. The molecule has 8 rings (SSSR count). The number of thioether (sulfide) groups is 1. The van der Waals surface area contributed by atoms with Crippen LogP contribution in [-0.4, -0.2) is 89.4 Å². The van der Waals surface area contributed by atoms with Crippen molar-refractivity contribution in [1.82, 2.24) is 14.4 Å².